The number of furan rings is 1. The number of carbonyl (C=O) groups excluding carboxylic acids is 1. The van der Waals surface area contributed by atoms with Gasteiger partial charge in [-0.05, 0) is 68.5 Å². The highest BCUT2D eigenvalue weighted by molar-refractivity contribution is 6.01. The molecule has 180 valence electrons. The zero-order valence-corrected chi connectivity index (χ0v) is 20.4. The molecule has 3 aromatic carbocycles. The Morgan fingerprint density at radius 1 is 1.11 bits per heavy atom. The Balaban J connectivity index is 1.58. The van der Waals surface area contributed by atoms with Crippen LogP contribution in [0.3, 0.4) is 0 Å². The van der Waals surface area contributed by atoms with Crippen LogP contribution in [0.2, 0.25) is 0 Å². The Labute approximate surface area is 205 Å². The van der Waals surface area contributed by atoms with Crippen molar-refractivity contribution in [2.24, 2.45) is 0 Å². The molecule has 0 unspecified atom stereocenters. The maximum atomic E-state index is 13.4. The van der Waals surface area contributed by atoms with Gasteiger partial charge in [0.2, 0.25) is 5.91 Å². The van der Waals surface area contributed by atoms with Crippen LogP contribution in [0.4, 0.5) is 4.39 Å². The summed E-state index contributed by atoms with van der Waals surface area (Å²) in [7, 11) is 0. The Hall–Kier alpha value is -3.86. The second-order valence-electron chi connectivity index (χ2n) is 8.55. The van der Waals surface area contributed by atoms with Gasteiger partial charge in [0.15, 0.2) is 0 Å². The molecule has 0 saturated heterocycles. The van der Waals surface area contributed by atoms with Crippen LogP contribution < -0.4 is 10.1 Å². The Kier molecular flexibility index (Phi) is 7.66. The number of benzene rings is 3. The van der Waals surface area contributed by atoms with Gasteiger partial charge in [0.25, 0.3) is 0 Å². The van der Waals surface area contributed by atoms with Crippen molar-refractivity contribution in [3.05, 3.63) is 95.5 Å². The summed E-state index contributed by atoms with van der Waals surface area (Å²) < 4.78 is 25.3. The first-order chi connectivity index (χ1) is 17.0. The standard InChI is InChI=1S/C30H30FNO3/c1-4-34-29-21(3)30-26(27(19-35-30)23-12-14-24(31)15-13-23)18-25(29)20(2)17-28(33)32-16-8-11-22-9-6-5-7-10-22/h5-7,9-10,12-15,17-19H,4,8,11,16H2,1-3H3,(H,32,33)/b20-17+. The number of hydrogen-bond donors (Lipinski definition) is 1. The molecule has 0 fully saturated rings. The maximum Gasteiger partial charge on any atom is 0.244 e. The van der Waals surface area contributed by atoms with E-state index in [1.54, 1.807) is 24.5 Å². The summed E-state index contributed by atoms with van der Waals surface area (Å²) in [5.74, 6) is 0.276. The summed E-state index contributed by atoms with van der Waals surface area (Å²) in [4.78, 5) is 12.6. The summed E-state index contributed by atoms with van der Waals surface area (Å²) in [6.45, 7) is 6.88. The fourth-order valence-corrected chi connectivity index (χ4v) is 4.27. The Morgan fingerprint density at radius 2 is 1.86 bits per heavy atom. The molecule has 1 heterocycles. The van der Waals surface area contributed by atoms with Crippen molar-refractivity contribution in [2.45, 2.75) is 33.6 Å². The summed E-state index contributed by atoms with van der Waals surface area (Å²) in [6, 6.07) is 18.6. The molecule has 0 atom stereocenters. The summed E-state index contributed by atoms with van der Waals surface area (Å²) in [5, 5.41) is 3.88. The van der Waals surface area contributed by atoms with Gasteiger partial charge >= 0.3 is 0 Å². The van der Waals surface area contributed by atoms with Crippen LogP contribution in [0.15, 0.2) is 77.4 Å². The minimum atomic E-state index is -0.286. The monoisotopic (exact) mass is 471 g/mol. The van der Waals surface area contributed by atoms with Crippen LogP contribution in [-0.2, 0) is 11.2 Å². The highest BCUT2D eigenvalue weighted by Crippen LogP contribution is 2.40. The molecule has 0 radical (unpaired) electrons. The minimum absolute atomic E-state index is 0.137. The molecule has 1 N–H and O–H groups in total. The summed E-state index contributed by atoms with van der Waals surface area (Å²) >= 11 is 0. The van der Waals surface area contributed by atoms with Crippen molar-refractivity contribution in [3.63, 3.8) is 0 Å². The van der Waals surface area contributed by atoms with E-state index in [4.69, 9.17) is 9.15 Å². The minimum Gasteiger partial charge on any atom is -0.493 e. The van der Waals surface area contributed by atoms with E-state index in [0.29, 0.717) is 18.9 Å². The number of hydrogen-bond acceptors (Lipinski definition) is 3. The van der Waals surface area contributed by atoms with Crippen molar-refractivity contribution in [2.75, 3.05) is 13.2 Å². The molecule has 4 rings (SSSR count). The lowest BCUT2D eigenvalue weighted by Gasteiger charge is -2.15. The van der Waals surface area contributed by atoms with Crippen LogP contribution in [0.25, 0.3) is 27.7 Å². The average Bonchev–Trinajstić information content (AvgIpc) is 3.29. The van der Waals surface area contributed by atoms with Gasteiger partial charge in [-0.1, -0.05) is 42.5 Å². The average molecular weight is 472 g/mol. The third-order valence-electron chi connectivity index (χ3n) is 6.04. The number of allylic oxidation sites excluding steroid dienone is 1. The number of rotatable bonds is 9. The molecular weight excluding hydrogens is 441 g/mol. The molecule has 0 bridgehead atoms. The fourth-order valence-electron chi connectivity index (χ4n) is 4.27. The van der Waals surface area contributed by atoms with Gasteiger partial charge in [0.1, 0.15) is 17.1 Å². The van der Waals surface area contributed by atoms with Gasteiger partial charge in [0.05, 0.1) is 12.9 Å². The lowest BCUT2D eigenvalue weighted by molar-refractivity contribution is -0.116. The molecule has 5 heteroatoms. The van der Waals surface area contributed by atoms with Gasteiger partial charge < -0.3 is 14.5 Å². The zero-order valence-electron chi connectivity index (χ0n) is 20.4. The van der Waals surface area contributed by atoms with Crippen LogP contribution >= 0.6 is 0 Å². The lowest BCUT2D eigenvalue weighted by Crippen LogP contribution is -2.22. The molecule has 0 saturated carbocycles. The van der Waals surface area contributed by atoms with Crippen LogP contribution in [0.1, 0.15) is 37.0 Å². The van der Waals surface area contributed by atoms with Gasteiger partial charge in [-0.25, -0.2) is 4.39 Å². The first-order valence-electron chi connectivity index (χ1n) is 11.9. The van der Waals surface area contributed by atoms with Crippen LogP contribution in [0, 0.1) is 12.7 Å². The number of fused-ring (bicyclic) bond motifs is 1. The number of aryl methyl sites for hydroxylation is 2. The normalized spacial score (nSPS) is 11.6. The summed E-state index contributed by atoms with van der Waals surface area (Å²) in [6.07, 6.45) is 5.08. The molecule has 4 nitrogen and oxygen atoms in total. The molecule has 0 aliphatic carbocycles. The quantitative estimate of drug-likeness (QED) is 0.209. The number of halogens is 1. The summed E-state index contributed by atoms with van der Waals surface area (Å²) in [5.41, 5.74) is 6.20. The molecule has 0 aliphatic rings. The van der Waals surface area contributed by atoms with Crippen molar-refractivity contribution in [1.29, 1.82) is 0 Å². The first-order valence-corrected chi connectivity index (χ1v) is 11.9. The van der Waals surface area contributed by atoms with E-state index in [9.17, 15) is 9.18 Å². The van der Waals surface area contributed by atoms with Gasteiger partial charge in [0, 0.05) is 34.7 Å². The van der Waals surface area contributed by atoms with Crippen molar-refractivity contribution >= 4 is 22.4 Å². The van der Waals surface area contributed by atoms with E-state index in [0.717, 1.165) is 51.6 Å². The smallest absolute Gasteiger partial charge is 0.244 e. The van der Waals surface area contributed by atoms with E-state index >= 15 is 0 Å². The third-order valence-corrected chi connectivity index (χ3v) is 6.04. The van der Waals surface area contributed by atoms with E-state index in [-0.39, 0.29) is 11.7 Å². The topological polar surface area (TPSA) is 51.5 Å². The SMILES string of the molecule is CCOc1c(/C(C)=C/C(=O)NCCCc2ccccc2)cc2c(-c3ccc(F)cc3)coc2c1C. The number of amides is 1. The molecule has 0 spiro atoms. The number of ether oxygens (including phenoxy) is 1. The van der Waals surface area contributed by atoms with E-state index in [2.05, 4.69) is 17.4 Å². The van der Waals surface area contributed by atoms with Gasteiger partial charge in [-0.3, -0.25) is 4.79 Å². The Morgan fingerprint density at radius 3 is 2.57 bits per heavy atom. The number of nitrogens with one attached hydrogen (secondary N) is 1. The van der Waals surface area contributed by atoms with Gasteiger partial charge in [-0.15, -0.1) is 0 Å². The maximum absolute atomic E-state index is 13.4. The Bertz CT molecular complexity index is 1340. The van der Waals surface area contributed by atoms with Crippen molar-refractivity contribution in [1.82, 2.24) is 5.32 Å². The molecule has 1 aromatic heterocycles. The highest BCUT2D eigenvalue weighted by atomic mass is 19.1. The second-order valence-corrected chi connectivity index (χ2v) is 8.55. The van der Waals surface area contributed by atoms with Crippen LogP contribution in [0.5, 0.6) is 5.75 Å². The number of carbonyl (C=O) groups is 1. The van der Waals surface area contributed by atoms with Crippen LogP contribution in [-0.4, -0.2) is 19.1 Å². The predicted octanol–water partition coefficient (Wildman–Crippen LogP) is 7.10. The fraction of sp³-hybridized carbons (Fsp3) is 0.233. The third kappa shape index (κ3) is 5.62. The molecule has 0 aliphatic heterocycles. The van der Waals surface area contributed by atoms with E-state index < -0.39 is 0 Å². The van der Waals surface area contributed by atoms with E-state index in [1.165, 1.54) is 17.7 Å². The molecule has 4 aromatic rings. The molecule has 1 amide bonds. The van der Waals surface area contributed by atoms with E-state index in [1.807, 2.05) is 45.0 Å². The molecular formula is C30H30FNO3. The molecule has 35 heavy (non-hydrogen) atoms. The van der Waals surface area contributed by atoms with Gasteiger partial charge in [-0.2, -0.15) is 0 Å². The predicted molar refractivity (Wildman–Crippen MR) is 139 cm³/mol. The largest absolute Gasteiger partial charge is 0.493 e. The second kappa shape index (κ2) is 11.0. The van der Waals surface area contributed by atoms with Crippen molar-refractivity contribution in [3.8, 4) is 16.9 Å². The highest BCUT2D eigenvalue weighted by Gasteiger charge is 2.19. The van der Waals surface area contributed by atoms with Crippen molar-refractivity contribution < 1.29 is 18.3 Å². The lowest BCUT2D eigenvalue weighted by atomic mass is 9.96. The first kappa shape index (κ1) is 24.3. The zero-order chi connectivity index (χ0) is 24.8.